The molecule has 1 amide bonds. The fraction of sp³-hybridized carbons (Fsp3) is 0.167. The molecule has 2 N–H and O–H groups in total. The second-order valence-electron chi connectivity index (χ2n) is 5.05. The lowest BCUT2D eigenvalue weighted by molar-refractivity contribution is -0.111. The summed E-state index contributed by atoms with van der Waals surface area (Å²) in [5.41, 5.74) is 3.32. The van der Waals surface area contributed by atoms with Crippen LogP contribution in [0.2, 0.25) is 0 Å². The van der Waals surface area contributed by atoms with Crippen LogP contribution < -0.4 is 10.6 Å². The maximum atomic E-state index is 11.8. The average Bonchev–Trinajstić information content (AvgIpc) is 2.46. The third kappa shape index (κ3) is 5.39. The number of amides is 1. The van der Waals surface area contributed by atoms with E-state index in [1.807, 2.05) is 57.2 Å². The number of hydrogen-bond donors (Lipinski definition) is 2. The number of allylic oxidation sites excluding steroid dienone is 3. The first-order valence-electron chi connectivity index (χ1n) is 7.36. The van der Waals surface area contributed by atoms with Crippen LogP contribution in [0, 0.1) is 13.8 Å². The van der Waals surface area contributed by atoms with Crippen molar-refractivity contribution in [2.75, 3.05) is 10.6 Å². The smallest absolute Gasteiger partial charge is 0.248 e. The Morgan fingerprint density at radius 3 is 2.43 bits per heavy atom. The van der Waals surface area contributed by atoms with Gasteiger partial charge in [0.25, 0.3) is 0 Å². The molecular weight excluding hydrogens is 288 g/mol. The lowest BCUT2D eigenvalue weighted by Crippen LogP contribution is -2.08. The summed E-state index contributed by atoms with van der Waals surface area (Å²) in [7, 11) is 0. The van der Waals surface area contributed by atoms with E-state index in [1.165, 1.54) is 6.08 Å². The van der Waals surface area contributed by atoms with Gasteiger partial charge in [-0.3, -0.25) is 4.79 Å². The van der Waals surface area contributed by atoms with Crippen molar-refractivity contribution < 1.29 is 4.79 Å². The molecule has 0 saturated carbocycles. The molecule has 0 radical (unpaired) electrons. The lowest BCUT2D eigenvalue weighted by Gasteiger charge is -2.08. The molecule has 1 aromatic carbocycles. The summed E-state index contributed by atoms with van der Waals surface area (Å²) in [5, 5.41) is 5.96. The van der Waals surface area contributed by atoms with Gasteiger partial charge in [0, 0.05) is 28.8 Å². The Morgan fingerprint density at radius 1 is 1.04 bits per heavy atom. The van der Waals surface area contributed by atoms with Crippen molar-refractivity contribution in [1.82, 2.24) is 9.97 Å². The molecule has 0 spiro atoms. The highest BCUT2D eigenvalue weighted by atomic mass is 16.1. The molecule has 1 heterocycles. The molecule has 5 nitrogen and oxygen atoms in total. The van der Waals surface area contributed by atoms with Gasteiger partial charge < -0.3 is 10.6 Å². The molecule has 2 aromatic rings. The van der Waals surface area contributed by atoms with E-state index in [4.69, 9.17) is 0 Å². The number of hydrogen-bond acceptors (Lipinski definition) is 4. The Morgan fingerprint density at radius 2 is 1.74 bits per heavy atom. The van der Waals surface area contributed by atoms with Gasteiger partial charge in [-0.2, -0.15) is 0 Å². The van der Waals surface area contributed by atoms with Crippen LogP contribution in [0.25, 0.3) is 0 Å². The highest BCUT2D eigenvalue weighted by Crippen LogP contribution is 2.18. The van der Waals surface area contributed by atoms with Crippen molar-refractivity contribution in [3.8, 4) is 0 Å². The highest BCUT2D eigenvalue weighted by Gasteiger charge is 2.02. The summed E-state index contributed by atoms with van der Waals surface area (Å²) in [6, 6.07) is 9.33. The average molecular weight is 308 g/mol. The van der Waals surface area contributed by atoms with E-state index >= 15 is 0 Å². The van der Waals surface area contributed by atoms with E-state index in [-0.39, 0.29) is 5.91 Å². The van der Waals surface area contributed by atoms with Crippen LogP contribution in [-0.4, -0.2) is 15.9 Å². The van der Waals surface area contributed by atoms with Crippen molar-refractivity contribution >= 4 is 23.2 Å². The van der Waals surface area contributed by atoms with Crippen molar-refractivity contribution in [1.29, 1.82) is 0 Å². The quantitative estimate of drug-likeness (QED) is 0.649. The Balaban J connectivity index is 2.09. The maximum absolute atomic E-state index is 11.8. The third-order valence-electron chi connectivity index (χ3n) is 2.92. The Labute approximate surface area is 136 Å². The summed E-state index contributed by atoms with van der Waals surface area (Å²) >= 11 is 0. The summed E-state index contributed by atoms with van der Waals surface area (Å²) in [6.07, 6.45) is 6.83. The SMILES string of the molecule is C/C=C/C=C/C(=O)Nc1cccc(Nc2nc(C)cc(C)n2)c1. The van der Waals surface area contributed by atoms with Crippen LogP contribution in [0.5, 0.6) is 0 Å². The summed E-state index contributed by atoms with van der Waals surface area (Å²) < 4.78 is 0. The molecule has 0 atom stereocenters. The molecule has 0 aliphatic heterocycles. The molecule has 5 heteroatoms. The second kappa shape index (κ2) is 7.89. The molecule has 1 aromatic heterocycles. The predicted molar refractivity (Wildman–Crippen MR) is 93.8 cm³/mol. The molecule has 0 aliphatic carbocycles. The summed E-state index contributed by atoms with van der Waals surface area (Å²) in [4.78, 5) is 20.5. The summed E-state index contributed by atoms with van der Waals surface area (Å²) in [5.74, 6) is 0.363. The minimum atomic E-state index is -0.178. The first kappa shape index (κ1) is 16.4. The van der Waals surface area contributed by atoms with Gasteiger partial charge in [0.15, 0.2) is 0 Å². The Bertz CT molecular complexity index is 730. The largest absolute Gasteiger partial charge is 0.324 e. The third-order valence-corrected chi connectivity index (χ3v) is 2.92. The van der Waals surface area contributed by atoms with Gasteiger partial charge in [0.2, 0.25) is 11.9 Å². The first-order chi connectivity index (χ1) is 11.1. The lowest BCUT2D eigenvalue weighted by atomic mass is 10.2. The number of benzene rings is 1. The van der Waals surface area contributed by atoms with Gasteiger partial charge in [-0.1, -0.05) is 24.3 Å². The standard InChI is InChI=1S/C18H20N4O/c1-4-5-6-10-17(23)21-15-8-7-9-16(12-15)22-18-19-13(2)11-14(3)20-18/h4-12H,1-3H3,(H,21,23)(H,19,20,22)/b5-4+,10-6+. The number of anilines is 3. The Hall–Kier alpha value is -2.95. The normalized spacial score (nSPS) is 11.1. The van der Waals surface area contributed by atoms with Gasteiger partial charge in [-0.15, -0.1) is 0 Å². The number of carbonyl (C=O) groups excluding carboxylic acids is 1. The van der Waals surface area contributed by atoms with Crippen LogP contribution in [0.1, 0.15) is 18.3 Å². The zero-order valence-electron chi connectivity index (χ0n) is 13.5. The highest BCUT2D eigenvalue weighted by molar-refractivity contribution is 5.99. The van der Waals surface area contributed by atoms with E-state index < -0.39 is 0 Å². The number of aromatic nitrogens is 2. The predicted octanol–water partition coefficient (Wildman–Crippen LogP) is 3.91. The van der Waals surface area contributed by atoms with Gasteiger partial charge >= 0.3 is 0 Å². The second-order valence-corrected chi connectivity index (χ2v) is 5.05. The van der Waals surface area contributed by atoms with E-state index in [9.17, 15) is 4.79 Å². The Kier molecular flexibility index (Phi) is 5.63. The van der Waals surface area contributed by atoms with Crippen molar-refractivity contribution in [3.05, 3.63) is 66.0 Å². The molecule has 0 unspecified atom stereocenters. The molecule has 0 fully saturated rings. The fourth-order valence-electron chi connectivity index (χ4n) is 2.02. The van der Waals surface area contributed by atoms with Crippen molar-refractivity contribution in [2.45, 2.75) is 20.8 Å². The van der Waals surface area contributed by atoms with E-state index in [0.717, 1.165) is 17.1 Å². The van der Waals surface area contributed by atoms with Gasteiger partial charge in [0.1, 0.15) is 0 Å². The molecule has 0 saturated heterocycles. The number of aryl methyl sites for hydroxylation is 2. The molecule has 0 bridgehead atoms. The van der Waals surface area contributed by atoms with Gasteiger partial charge in [-0.25, -0.2) is 9.97 Å². The number of nitrogens with zero attached hydrogens (tertiary/aromatic N) is 2. The van der Waals surface area contributed by atoms with Gasteiger partial charge in [-0.05, 0) is 45.0 Å². The monoisotopic (exact) mass is 308 g/mol. The molecule has 0 aliphatic rings. The number of rotatable bonds is 5. The number of carbonyl (C=O) groups is 1. The molecule has 2 rings (SSSR count). The van der Waals surface area contributed by atoms with Crippen LogP contribution in [0.3, 0.4) is 0 Å². The van der Waals surface area contributed by atoms with Crippen LogP contribution in [0.4, 0.5) is 17.3 Å². The minimum Gasteiger partial charge on any atom is -0.324 e. The fourth-order valence-corrected chi connectivity index (χ4v) is 2.02. The van der Waals surface area contributed by atoms with Crippen LogP contribution >= 0.6 is 0 Å². The van der Waals surface area contributed by atoms with E-state index in [2.05, 4.69) is 20.6 Å². The zero-order chi connectivity index (χ0) is 16.7. The topological polar surface area (TPSA) is 66.9 Å². The zero-order valence-corrected chi connectivity index (χ0v) is 13.5. The number of nitrogens with one attached hydrogen (secondary N) is 2. The minimum absolute atomic E-state index is 0.178. The van der Waals surface area contributed by atoms with E-state index in [1.54, 1.807) is 12.2 Å². The molecule has 118 valence electrons. The van der Waals surface area contributed by atoms with E-state index in [0.29, 0.717) is 11.6 Å². The molecule has 23 heavy (non-hydrogen) atoms. The van der Waals surface area contributed by atoms with Crippen LogP contribution in [-0.2, 0) is 4.79 Å². The van der Waals surface area contributed by atoms with Crippen molar-refractivity contribution in [3.63, 3.8) is 0 Å². The van der Waals surface area contributed by atoms with Gasteiger partial charge in [0.05, 0.1) is 0 Å². The first-order valence-corrected chi connectivity index (χ1v) is 7.36. The molecular formula is C18H20N4O. The van der Waals surface area contributed by atoms with Crippen molar-refractivity contribution in [2.24, 2.45) is 0 Å². The summed E-state index contributed by atoms with van der Waals surface area (Å²) in [6.45, 7) is 5.74. The maximum Gasteiger partial charge on any atom is 0.248 e. The van der Waals surface area contributed by atoms with Crippen LogP contribution in [0.15, 0.2) is 54.6 Å².